The topological polar surface area (TPSA) is 19.7 Å². The summed E-state index contributed by atoms with van der Waals surface area (Å²) in [5, 5.41) is 0. The minimum absolute atomic E-state index is 0.0139. The lowest BCUT2D eigenvalue weighted by atomic mass is 9.66. The Morgan fingerprint density at radius 1 is 0.684 bits per heavy atom. The van der Waals surface area contributed by atoms with E-state index in [1.54, 1.807) is 0 Å². The predicted molar refractivity (Wildman–Crippen MR) is 164 cm³/mol. The summed E-state index contributed by atoms with van der Waals surface area (Å²) in [6.45, 7) is 8.24. The van der Waals surface area contributed by atoms with E-state index < -0.39 is 0 Å². The van der Waals surface area contributed by atoms with Crippen molar-refractivity contribution in [2.24, 2.45) is 0 Å². The summed E-state index contributed by atoms with van der Waals surface area (Å²) in [5.41, 5.74) is 2.85. The zero-order valence-electron chi connectivity index (χ0n) is 24.8. The number of unbranched alkanes of at least 4 members (excludes halogenated alkanes) is 12. The van der Waals surface area contributed by atoms with Crippen molar-refractivity contribution in [3.05, 3.63) is 90.0 Å². The molecule has 0 saturated heterocycles. The first kappa shape index (κ1) is 30.2. The van der Waals surface area contributed by atoms with Gasteiger partial charge in [-0.3, -0.25) is 0 Å². The predicted octanol–water partition coefficient (Wildman–Crippen LogP) is 10.1. The van der Waals surface area contributed by atoms with Gasteiger partial charge in [-0.1, -0.05) is 152 Å². The highest BCUT2D eigenvalue weighted by molar-refractivity contribution is 5.32. The number of H-pyrrole nitrogens is 1. The van der Waals surface area contributed by atoms with E-state index in [1.807, 2.05) is 0 Å². The van der Waals surface area contributed by atoms with Gasteiger partial charge in [-0.2, -0.15) is 0 Å². The maximum absolute atomic E-state index is 3.68. The van der Waals surface area contributed by atoms with Crippen LogP contribution in [0.2, 0.25) is 0 Å². The van der Waals surface area contributed by atoms with Crippen LogP contribution in [-0.2, 0) is 18.4 Å². The number of benzene rings is 2. The summed E-state index contributed by atoms with van der Waals surface area (Å²) in [6, 6.07) is 22.2. The van der Waals surface area contributed by atoms with E-state index in [1.165, 1.54) is 100 Å². The first-order chi connectivity index (χ1) is 18.7. The van der Waals surface area contributed by atoms with E-state index in [2.05, 4.69) is 103 Å². The number of rotatable bonds is 20. The highest BCUT2D eigenvalue weighted by atomic mass is 15.1. The summed E-state index contributed by atoms with van der Waals surface area (Å²) in [6.07, 6.45) is 24.8. The zero-order valence-corrected chi connectivity index (χ0v) is 24.8. The van der Waals surface area contributed by atoms with Crippen LogP contribution in [0, 0.1) is 0 Å². The zero-order chi connectivity index (χ0) is 26.9. The Bertz CT molecular complexity index is 977. The Hall–Kier alpha value is -2.35. The Kier molecular flexibility index (Phi) is 13.7. The van der Waals surface area contributed by atoms with E-state index in [9.17, 15) is 0 Å². The molecule has 1 N–H and O–H groups in total. The van der Waals surface area contributed by atoms with E-state index in [0.29, 0.717) is 5.92 Å². The molecule has 0 amide bonds. The monoisotopic (exact) mass is 515 g/mol. The van der Waals surface area contributed by atoms with Gasteiger partial charge in [0, 0.05) is 5.41 Å². The van der Waals surface area contributed by atoms with Gasteiger partial charge in [-0.15, -0.1) is 0 Å². The quantitative estimate of drug-likeness (QED) is 0.114. The van der Waals surface area contributed by atoms with E-state index in [4.69, 9.17) is 0 Å². The number of nitrogens with one attached hydrogen (secondary N) is 1. The summed E-state index contributed by atoms with van der Waals surface area (Å²) in [4.78, 5) is 3.68. The molecule has 2 atom stereocenters. The van der Waals surface area contributed by atoms with Gasteiger partial charge in [0.05, 0.1) is 12.5 Å². The molecule has 2 aromatic carbocycles. The highest BCUT2D eigenvalue weighted by Crippen LogP contribution is 2.42. The van der Waals surface area contributed by atoms with Gasteiger partial charge in [-0.25, -0.2) is 9.55 Å². The molecular weight excluding hydrogens is 460 g/mol. The fourth-order valence-electron chi connectivity index (χ4n) is 6.38. The molecule has 3 rings (SSSR count). The highest BCUT2D eigenvalue weighted by Gasteiger charge is 2.41. The molecule has 0 aliphatic carbocycles. The third kappa shape index (κ3) is 9.44. The second kappa shape index (κ2) is 17.3. The molecule has 38 heavy (non-hydrogen) atoms. The lowest BCUT2D eigenvalue weighted by molar-refractivity contribution is -0.705. The van der Waals surface area contributed by atoms with Crippen LogP contribution in [0.15, 0.2) is 73.1 Å². The number of imidazole rings is 1. The number of aromatic amines is 1. The van der Waals surface area contributed by atoms with Crippen molar-refractivity contribution < 1.29 is 4.57 Å². The number of hydrogen-bond donors (Lipinski definition) is 1. The van der Waals surface area contributed by atoms with E-state index in [-0.39, 0.29) is 5.41 Å². The van der Waals surface area contributed by atoms with Crippen molar-refractivity contribution in [1.29, 1.82) is 0 Å². The molecule has 0 bridgehead atoms. The smallest absolute Gasteiger partial charge is 0.247 e. The lowest BCUT2D eigenvalue weighted by Gasteiger charge is -2.36. The van der Waals surface area contributed by atoms with Gasteiger partial charge in [-0.05, 0) is 36.8 Å². The Morgan fingerprint density at radius 3 is 1.76 bits per heavy atom. The molecule has 0 fully saturated rings. The molecule has 2 heteroatoms. The van der Waals surface area contributed by atoms with Crippen LogP contribution in [0.25, 0.3) is 0 Å². The average Bonchev–Trinajstić information content (AvgIpc) is 3.40. The van der Waals surface area contributed by atoms with Crippen LogP contribution >= 0.6 is 0 Å². The first-order valence-corrected chi connectivity index (χ1v) is 15.8. The Balaban J connectivity index is 1.50. The molecular formula is C36H55N2+. The molecule has 3 aromatic rings. The number of nitrogens with zero attached hydrogens (tertiary/aromatic N) is 1. The fourth-order valence-corrected chi connectivity index (χ4v) is 6.38. The summed E-state index contributed by atoms with van der Waals surface area (Å²) >= 11 is 0. The second-order valence-corrected chi connectivity index (χ2v) is 11.7. The van der Waals surface area contributed by atoms with Crippen molar-refractivity contribution in [3.63, 3.8) is 0 Å². The maximum atomic E-state index is 3.68. The molecule has 0 aliphatic heterocycles. The third-order valence-electron chi connectivity index (χ3n) is 8.65. The number of aryl methyl sites for hydroxylation is 1. The van der Waals surface area contributed by atoms with Crippen LogP contribution in [0.5, 0.6) is 0 Å². The largest absolute Gasteiger partial charge is 0.258 e. The molecule has 0 spiro atoms. The second-order valence-electron chi connectivity index (χ2n) is 11.7. The third-order valence-corrected chi connectivity index (χ3v) is 8.65. The van der Waals surface area contributed by atoms with Crippen molar-refractivity contribution in [2.75, 3.05) is 0 Å². The van der Waals surface area contributed by atoms with Crippen LogP contribution in [0.1, 0.15) is 134 Å². The molecule has 2 unspecified atom stereocenters. The first-order valence-electron chi connectivity index (χ1n) is 15.8. The lowest BCUT2D eigenvalue weighted by Crippen LogP contribution is -2.43. The van der Waals surface area contributed by atoms with Gasteiger partial charge < -0.3 is 0 Å². The van der Waals surface area contributed by atoms with E-state index >= 15 is 0 Å². The fraction of sp³-hybridized carbons (Fsp3) is 0.583. The molecule has 0 aliphatic rings. The van der Waals surface area contributed by atoms with Gasteiger partial charge >= 0.3 is 0 Å². The average molecular weight is 516 g/mol. The molecule has 2 nitrogen and oxygen atoms in total. The van der Waals surface area contributed by atoms with Gasteiger partial charge in [0.2, 0.25) is 0 Å². The van der Waals surface area contributed by atoms with E-state index in [0.717, 1.165) is 19.4 Å². The van der Waals surface area contributed by atoms with Crippen molar-refractivity contribution in [1.82, 2.24) is 4.98 Å². The van der Waals surface area contributed by atoms with Crippen molar-refractivity contribution in [2.45, 2.75) is 135 Å². The SMILES string of the molecule is CCCCCCCCCCCCCCC[n+]1cc[nH]c1C(CC)C(C)(Cc1ccccc1)c1ccccc1. The Labute approximate surface area is 234 Å². The molecule has 1 aromatic heterocycles. The van der Waals surface area contributed by atoms with Crippen LogP contribution in [0.4, 0.5) is 0 Å². The van der Waals surface area contributed by atoms with Gasteiger partial charge in [0.15, 0.2) is 0 Å². The molecule has 208 valence electrons. The molecule has 1 heterocycles. The van der Waals surface area contributed by atoms with Crippen molar-refractivity contribution >= 4 is 0 Å². The molecule has 0 radical (unpaired) electrons. The number of aromatic nitrogens is 2. The maximum Gasteiger partial charge on any atom is 0.258 e. The van der Waals surface area contributed by atoms with Crippen LogP contribution in [-0.4, -0.2) is 4.98 Å². The van der Waals surface area contributed by atoms with Gasteiger partial charge in [0.25, 0.3) is 5.82 Å². The number of hydrogen-bond acceptors (Lipinski definition) is 0. The van der Waals surface area contributed by atoms with Crippen LogP contribution in [0.3, 0.4) is 0 Å². The summed E-state index contributed by atoms with van der Waals surface area (Å²) in [7, 11) is 0. The minimum atomic E-state index is 0.0139. The summed E-state index contributed by atoms with van der Waals surface area (Å²) in [5.74, 6) is 1.80. The normalized spacial score (nSPS) is 13.9. The van der Waals surface area contributed by atoms with Gasteiger partial charge in [0.1, 0.15) is 12.4 Å². The minimum Gasteiger partial charge on any atom is -0.247 e. The Morgan fingerprint density at radius 2 is 1.21 bits per heavy atom. The van der Waals surface area contributed by atoms with Crippen molar-refractivity contribution in [3.8, 4) is 0 Å². The van der Waals surface area contributed by atoms with Crippen LogP contribution < -0.4 is 4.57 Å². The standard InChI is InChI=1S/C36H54N2/c1-4-6-7-8-9-10-11-12-13-14-15-16-23-29-38-30-28-37-35(38)34(5-2)36(3,33-26-21-18-22-27-33)31-32-24-19-17-20-25-32/h17-22,24-28,30,34H,4-16,23,29,31H2,1-3H3/p+1. The summed E-state index contributed by atoms with van der Waals surface area (Å²) < 4.78 is 2.51. The molecule has 0 saturated carbocycles.